The third-order valence-corrected chi connectivity index (χ3v) is 4.50. The predicted molar refractivity (Wildman–Crippen MR) is 94.3 cm³/mol. The summed E-state index contributed by atoms with van der Waals surface area (Å²) in [7, 11) is 0. The smallest absolute Gasteiger partial charge is 0.258 e. The van der Waals surface area contributed by atoms with Gasteiger partial charge in [0.15, 0.2) is 0 Å². The van der Waals surface area contributed by atoms with Crippen LogP contribution in [0.15, 0.2) is 52.3 Å². The van der Waals surface area contributed by atoms with Crippen molar-refractivity contribution in [3.05, 3.63) is 68.7 Å². The number of nitrogens with one attached hydrogen (secondary N) is 1. The van der Waals surface area contributed by atoms with Crippen LogP contribution in [-0.2, 0) is 0 Å². The number of benzene rings is 2. The molecule has 0 fully saturated rings. The molecule has 0 saturated heterocycles. The van der Waals surface area contributed by atoms with Crippen LogP contribution in [0.3, 0.4) is 0 Å². The molecule has 0 aliphatic heterocycles. The summed E-state index contributed by atoms with van der Waals surface area (Å²) in [6.07, 6.45) is 0. The van der Waals surface area contributed by atoms with E-state index in [4.69, 9.17) is 0 Å². The summed E-state index contributed by atoms with van der Waals surface area (Å²) in [4.78, 5) is 16.6. The molecule has 0 spiro atoms. The number of nitrogens with zero attached hydrogens (tertiary/aromatic N) is 1. The number of amides is 1. The van der Waals surface area contributed by atoms with E-state index in [1.807, 2.05) is 24.4 Å². The number of thiazole rings is 1. The largest absolute Gasteiger partial charge is 0.322 e. The summed E-state index contributed by atoms with van der Waals surface area (Å²) in [5.41, 5.74) is 2.48. The molecule has 0 radical (unpaired) electrons. The van der Waals surface area contributed by atoms with Gasteiger partial charge in [0.2, 0.25) is 0 Å². The average molecular weight is 391 g/mol. The average Bonchev–Trinajstić information content (AvgIpc) is 2.97. The van der Waals surface area contributed by atoms with E-state index in [1.54, 1.807) is 29.5 Å². The van der Waals surface area contributed by atoms with Crippen LogP contribution >= 0.6 is 27.3 Å². The minimum Gasteiger partial charge on any atom is -0.322 e. The summed E-state index contributed by atoms with van der Waals surface area (Å²) in [6.45, 7) is 1.95. The first-order chi connectivity index (χ1) is 11.0. The molecule has 0 atom stereocenters. The molecule has 3 aromatic rings. The Hall–Kier alpha value is -2.05. The van der Waals surface area contributed by atoms with Crippen molar-refractivity contribution in [1.29, 1.82) is 0 Å². The van der Waals surface area contributed by atoms with Gasteiger partial charge in [0.1, 0.15) is 5.82 Å². The molecule has 0 aliphatic carbocycles. The number of carbonyl (C=O) groups is 1. The molecule has 2 aromatic carbocycles. The Labute approximate surface area is 145 Å². The van der Waals surface area contributed by atoms with Gasteiger partial charge in [-0.25, -0.2) is 9.37 Å². The van der Waals surface area contributed by atoms with Crippen LogP contribution in [-0.4, -0.2) is 10.9 Å². The maximum absolute atomic E-state index is 13.7. The second-order valence-electron chi connectivity index (χ2n) is 4.91. The third-order valence-electron chi connectivity index (χ3n) is 3.23. The molecule has 1 aromatic heterocycles. The number of carbonyl (C=O) groups excluding carboxylic acids is 1. The molecular formula is C17H12BrFN2OS. The van der Waals surface area contributed by atoms with Crippen LogP contribution in [0.1, 0.15) is 15.4 Å². The van der Waals surface area contributed by atoms with E-state index in [1.165, 1.54) is 12.1 Å². The molecule has 0 saturated carbocycles. The molecular weight excluding hydrogens is 379 g/mol. The Balaban J connectivity index is 1.78. The van der Waals surface area contributed by atoms with Crippen molar-refractivity contribution in [2.45, 2.75) is 6.92 Å². The molecule has 23 heavy (non-hydrogen) atoms. The van der Waals surface area contributed by atoms with E-state index in [9.17, 15) is 9.18 Å². The number of aromatic nitrogens is 1. The summed E-state index contributed by atoms with van der Waals surface area (Å²) in [5.74, 6) is -1.04. The highest BCUT2D eigenvalue weighted by Gasteiger charge is 2.12. The van der Waals surface area contributed by atoms with Gasteiger partial charge >= 0.3 is 0 Å². The Morgan fingerprint density at radius 2 is 1.96 bits per heavy atom. The zero-order valence-corrected chi connectivity index (χ0v) is 14.5. The minimum atomic E-state index is -0.555. The van der Waals surface area contributed by atoms with Crippen molar-refractivity contribution >= 4 is 38.9 Å². The summed E-state index contributed by atoms with van der Waals surface area (Å²) < 4.78 is 14.4. The van der Waals surface area contributed by atoms with Crippen LogP contribution < -0.4 is 5.32 Å². The standard InChI is InChI=1S/C17H12BrFN2OS/c1-10-20-16(9-23-10)11-2-5-13(6-3-11)21-17(22)14-8-12(18)4-7-15(14)19/h2-9H,1H3,(H,21,22). The van der Waals surface area contributed by atoms with Crippen LogP contribution in [0.4, 0.5) is 10.1 Å². The highest BCUT2D eigenvalue weighted by atomic mass is 79.9. The van der Waals surface area contributed by atoms with Gasteiger partial charge in [-0.2, -0.15) is 0 Å². The first kappa shape index (κ1) is 15.8. The van der Waals surface area contributed by atoms with Gasteiger partial charge in [-0.1, -0.05) is 28.1 Å². The molecule has 6 heteroatoms. The van der Waals surface area contributed by atoms with Crippen LogP contribution in [0.2, 0.25) is 0 Å². The van der Waals surface area contributed by atoms with Gasteiger partial charge in [-0.15, -0.1) is 11.3 Å². The second kappa shape index (κ2) is 6.60. The van der Waals surface area contributed by atoms with E-state index in [0.29, 0.717) is 10.2 Å². The summed E-state index contributed by atoms with van der Waals surface area (Å²) in [6, 6.07) is 11.6. The second-order valence-corrected chi connectivity index (χ2v) is 6.89. The Morgan fingerprint density at radius 1 is 1.22 bits per heavy atom. The minimum absolute atomic E-state index is 0.00132. The van der Waals surface area contributed by atoms with Gasteiger partial charge < -0.3 is 5.32 Å². The van der Waals surface area contributed by atoms with Gasteiger partial charge in [0.05, 0.1) is 16.3 Å². The first-order valence-electron chi connectivity index (χ1n) is 6.82. The molecule has 3 rings (SSSR count). The Bertz CT molecular complexity index is 861. The molecule has 0 bridgehead atoms. The fourth-order valence-electron chi connectivity index (χ4n) is 2.09. The van der Waals surface area contributed by atoms with Gasteiger partial charge in [-0.3, -0.25) is 4.79 Å². The van der Waals surface area contributed by atoms with Crippen LogP contribution in [0.25, 0.3) is 11.3 Å². The van der Waals surface area contributed by atoms with Crippen molar-refractivity contribution in [1.82, 2.24) is 4.98 Å². The zero-order chi connectivity index (χ0) is 16.4. The Morgan fingerprint density at radius 3 is 2.61 bits per heavy atom. The summed E-state index contributed by atoms with van der Waals surface area (Å²) in [5, 5.41) is 5.68. The maximum Gasteiger partial charge on any atom is 0.258 e. The lowest BCUT2D eigenvalue weighted by Gasteiger charge is -2.07. The van der Waals surface area contributed by atoms with E-state index in [2.05, 4.69) is 26.2 Å². The molecule has 3 nitrogen and oxygen atoms in total. The van der Waals surface area contributed by atoms with Crippen molar-refractivity contribution in [2.75, 3.05) is 5.32 Å². The number of anilines is 1. The van der Waals surface area contributed by atoms with Crippen LogP contribution in [0.5, 0.6) is 0 Å². The number of halogens is 2. The van der Waals surface area contributed by atoms with Crippen molar-refractivity contribution < 1.29 is 9.18 Å². The van der Waals surface area contributed by atoms with Gasteiger partial charge in [-0.05, 0) is 37.3 Å². The lowest BCUT2D eigenvalue weighted by molar-refractivity contribution is 0.102. The maximum atomic E-state index is 13.7. The van der Waals surface area contributed by atoms with E-state index >= 15 is 0 Å². The molecule has 0 unspecified atom stereocenters. The first-order valence-corrected chi connectivity index (χ1v) is 8.49. The normalized spacial score (nSPS) is 10.6. The zero-order valence-electron chi connectivity index (χ0n) is 12.1. The number of aryl methyl sites for hydroxylation is 1. The quantitative estimate of drug-likeness (QED) is 0.661. The van der Waals surface area contributed by atoms with E-state index < -0.39 is 11.7 Å². The third kappa shape index (κ3) is 3.65. The Kier molecular flexibility index (Phi) is 4.54. The number of hydrogen-bond donors (Lipinski definition) is 1. The number of hydrogen-bond acceptors (Lipinski definition) is 3. The number of rotatable bonds is 3. The lowest BCUT2D eigenvalue weighted by atomic mass is 10.1. The van der Waals surface area contributed by atoms with Crippen molar-refractivity contribution in [3.63, 3.8) is 0 Å². The van der Waals surface area contributed by atoms with Gasteiger partial charge in [0.25, 0.3) is 5.91 Å². The highest BCUT2D eigenvalue weighted by Crippen LogP contribution is 2.23. The van der Waals surface area contributed by atoms with Crippen molar-refractivity contribution in [2.24, 2.45) is 0 Å². The molecule has 0 aliphatic rings. The fourth-order valence-corrected chi connectivity index (χ4v) is 3.07. The molecule has 1 N–H and O–H groups in total. The molecule has 1 heterocycles. The fraction of sp³-hybridized carbons (Fsp3) is 0.0588. The highest BCUT2D eigenvalue weighted by molar-refractivity contribution is 9.10. The van der Waals surface area contributed by atoms with Crippen LogP contribution in [0, 0.1) is 12.7 Å². The van der Waals surface area contributed by atoms with E-state index in [0.717, 1.165) is 16.3 Å². The molecule has 116 valence electrons. The van der Waals surface area contributed by atoms with E-state index in [-0.39, 0.29) is 5.56 Å². The summed E-state index contributed by atoms with van der Waals surface area (Å²) >= 11 is 4.82. The molecule has 1 amide bonds. The monoisotopic (exact) mass is 390 g/mol. The van der Waals surface area contributed by atoms with Crippen molar-refractivity contribution in [3.8, 4) is 11.3 Å². The van der Waals surface area contributed by atoms with Gasteiger partial charge in [0, 0.05) is 21.1 Å². The lowest BCUT2D eigenvalue weighted by Crippen LogP contribution is -2.13. The SMILES string of the molecule is Cc1nc(-c2ccc(NC(=O)c3cc(Br)ccc3F)cc2)cs1. The predicted octanol–water partition coefficient (Wildman–Crippen LogP) is 5.27. The topological polar surface area (TPSA) is 42.0 Å².